The van der Waals surface area contributed by atoms with E-state index in [0.29, 0.717) is 5.92 Å². The standard InChI is InChI=1S/C20H21Br/c1-3-4-7-15-8-5-6-9-18(15)19-11-10-16-13-17(21)12-14(2)20(16)19/h5-6,8-13,19H,3-4,7H2,1-2H3. The normalized spacial score (nSPS) is 16.2. The quantitative estimate of drug-likeness (QED) is 0.616. The van der Waals surface area contributed by atoms with Crippen LogP contribution in [0.1, 0.15) is 53.5 Å². The first kappa shape index (κ1) is 14.6. The van der Waals surface area contributed by atoms with Crippen LogP contribution >= 0.6 is 15.9 Å². The lowest BCUT2D eigenvalue weighted by atomic mass is 9.86. The maximum atomic E-state index is 3.61. The zero-order valence-corrected chi connectivity index (χ0v) is 14.3. The molecule has 0 N–H and O–H groups in total. The summed E-state index contributed by atoms with van der Waals surface area (Å²) in [6, 6.07) is 13.4. The molecule has 2 aromatic carbocycles. The second-order valence-corrected chi connectivity index (χ2v) is 6.78. The Bertz CT molecular complexity index is 682. The monoisotopic (exact) mass is 340 g/mol. The van der Waals surface area contributed by atoms with Crippen LogP contribution in [0.2, 0.25) is 0 Å². The van der Waals surface area contributed by atoms with Gasteiger partial charge < -0.3 is 0 Å². The summed E-state index contributed by atoms with van der Waals surface area (Å²) in [5, 5.41) is 0. The Morgan fingerprint density at radius 3 is 2.76 bits per heavy atom. The highest BCUT2D eigenvalue weighted by atomic mass is 79.9. The Balaban J connectivity index is 2.04. The molecular formula is C20H21Br. The van der Waals surface area contributed by atoms with Crippen molar-refractivity contribution in [3.63, 3.8) is 0 Å². The highest BCUT2D eigenvalue weighted by molar-refractivity contribution is 9.10. The molecule has 1 heteroatoms. The van der Waals surface area contributed by atoms with Gasteiger partial charge in [0.05, 0.1) is 0 Å². The number of rotatable bonds is 4. The first-order valence-corrected chi connectivity index (χ1v) is 8.56. The summed E-state index contributed by atoms with van der Waals surface area (Å²) in [7, 11) is 0. The van der Waals surface area contributed by atoms with E-state index >= 15 is 0 Å². The van der Waals surface area contributed by atoms with Crippen LogP contribution in [0.4, 0.5) is 0 Å². The average molecular weight is 341 g/mol. The molecule has 0 heterocycles. The molecule has 1 aliphatic rings. The van der Waals surface area contributed by atoms with Crippen molar-refractivity contribution in [1.82, 2.24) is 0 Å². The fraction of sp³-hybridized carbons (Fsp3) is 0.300. The van der Waals surface area contributed by atoms with Gasteiger partial charge >= 0.3 is 0 Å². The number of aryl methyl sites for hydroxylation is 2. The summed E-state index contributed by atoms with van der Waals surface area (Å²) in [5.74, 6) is 0.418. The minimum Gasteiger partial charge on any atom is -0.0720 e. The lowest BCUT2D eigenvalue weighted by molar-refractivity contribution is 0.784. The number of halogens is 1. The largest absolute Gasteiger partial charge is 0.0720 e. The molecule has 0 aliphatic heterocycles. The van der Waals surface area contributed by atoms with Crippen LogP contribution in [0, 0.1) is 6.92 Å². The van der Waals surface area contributed by atoms with Gasteiger partial charge in [-0.15, -0.1) is 0 Å². The average Bonchev–Trinajstić information content (AvgIpc) is 2.89. The molecule has 0 saturated heterocycles. The Morgan fingerprint density at radius 1 is 1.14 bits per heavy atom. The lowest BCUT2D eigenvalue weighted by Gasteiger charge is -2.18. The van der Waals surface area contributed by atoms with Crippen LogP contribution in [0.3, 0.4) is 0 Å². The van der Waals surface area contributed by atoms with Gasteiger partial charge in [0.2, 0.25) is 0 Å². The van der Waals surface area contributed by atoms with E-state index in [1.807, 2.05) is 0 Å². The predicted octanol–water partition coefficient (Wildman–Crippen LogP) is 6.26. The SMILES string of the molecule is CCCCc1ccccc1C1C=Cc2cc(Br)cc(C)c21. The van der Waals surface area contributed by atoms with Crippen molar-refractivity contribution < 1.29 is 0 Å². The third kappa shape index (κ3) is 2.85. The third-order valence-electron chi connectivity index (χ3n) is 4.35. The van der Waals surface area contributed by atoms with Gasteiger partial charge in [-0.2, -0.15) is 0 Å². The molecule has 21 heavy (non-hydrogen) atoms. The summed E-state index contributed by atoms with van der Waals surface area (Å²) in [6.07, 6.45) is 8.32. The summed E-state index contributed by atoms with van der Waals surface area (Å²) in [4.78, 5) is 0. The molecular weight excluding hydrogens is 320 g/mol. The molecule has 0 nitrogen and oxygen atoms in total. The molecule has 1 atom stereocenters. The van der Waals surface area contributed by atoms with Crippen molar-refractivity contribution >= 4 is 22.0 Å². The van der Waals surface area contributed by atoms with E-state index in [0.717, 1.165) is 0 Å². The second-order valence-electron chi connectivity index (χ2n) is 5.86. The van der Waals surface area contributed by atoms with Crippen molar-refractivity contribution in [2.45, 2.75) is 39.0 Å². The van der Waals surface area contributed by atoms with Crippen molar-refractivity contribution in [3.8, 4) is 0 Å². The molecule has 3 rings (SSSR count). The number of fused-ring (bicyclic) bond motifs is 1. The molecule has 0 amide bonds. The van der Waals surface area contributed by atoms with E-state index in [4.69, 9.17) is 0 Å². The molecule has 0 fully saturated rings. The van der Waals surface area contributed by atoms with E-state index < -0.39 is 0 Å². The number of benzene rings is 2. The molecule has 0 radical (unpaired) electrons. The fourth-order valence-corrected chi connectivity index (χ4v) is 3.92. The fourth-order valence-electron chi connectivity index (χ4n) is 3.33. The smallest absolute Gasteiger partial charge is 0.0284 e. The van der Waals surface area contributed by atoms with Crippen LogP contribution in [-0.2, 0) is 6.42 Å². The van der Waals surface area contributed by atoms with Gasteiger partial charge in [0.15, 0.2) is 0 Å². The maximum Gasteiger partial charge on any atom is 0.0284 e. The molecule has 108 valence electrons. The summed E-state index contributed by atoms with van der Waals surface area (Å²) < 4.78 is 1.17. The van der Waals surface area contributed by atoms with Crippen molar-refractivity contribution in [2.24, 2.45) is 0 Å². The lowest BCUT2D eigenvalue weighted by Crippen LogP contribution is -2.03. The summed E-state index contributed by atoms with van der Waals surface area (Å²) >= 11 is 3.61. The molecule has 0 aromatic heterocycles. The van der Waals surface area contributed by atoms with Gasteiger partial charge in [-0.1, -0.05) is 65.7 Å². The predicted molar refractivity (Wildman–Crippen MR) is 94.8 cm³/mol. The molecule has 0 bridgehead atoms. The zero-order chi connectivity index (χ0) is 14.8. The van der Waals surface area contributed by atoms with Crippen LogP contribution in [-0.4, -0.2) is 0 Å². The summed E-state index contributed by atoms with van der Waals surface area (Å²) in [6.45, 7) is 4.48. The van der Waals surface area contributed by atoms with E-state index in [1.165, 1.54) is 51.6 Å². The van der Waals surface area contributed by atoms with Gasteiger partial charge in [0, 0.05) is 10.4 Å². The Labute approximate surface area is 136 Å². The second kappa shape index (κ2) is 6.19. The third-order valence-corrected chi connectivity index (χ3v) is 4.81. The first-order chi connectivity index (χ1) is 10.2. The molecule has 1 aliphatic carbocycles. The van der Waals surface area contributed by atoms with Gasteiger partial charge in [-0.05, 0) is 59.7 Å². The number of hydrogen-bond donors (Lipinski definition) is 0. The van der Waals surface area contributed by atoms with Gasteiger partial charge in [-0.3, -0.25) is 0 Å². The molecule has 2 aromatic rings. The van der Waals surface area contributed by atoms with Crippen LogP contribution in [0.15, 0.2) is 46.9 Å². The van der Waals surface area contributed by atoms with E-state index in [9.17, 15) is 0 Å². The highest BCUT2D eigenvalue weighted by Gasteiger charge is 2.23. The van der Waals surface area contributed by atoms with Gasteiger partial charge in [0.1, 0.15) is 0 Å². The molecule has 0 saturated carbocycles. The topological polar surface area (TPSA) is 0 Å². The van der Waals surface area contributed by atoms with Gasteiger partial charge in [-0.25, -0.2) is 0 Å². The van der Waals surface area contributed by atoms with Crippen LogP contribution in [0.5, 0.6) is 0 Å². The molecule has 0 spiro atoms. The number of hydrogen-bond acceptors (Lipinski definition) is 0. The van der Waals surface area contributed by atoms with Crippen molar-refractivity contribution in [1.29, 1.82) is 0 Å². The van der Waals surface area contributed by atoms with E-state index in [1.54, 1.807) is 0 Å². The molecule has 1 unspecified atom stereocenters. The Hall–Kier alpha value is -1.34. The highest BCUT2D eigenvalue weighted by Crippen LogP contribution is 2.40. The van der Waals surface area contributed by atoms with Crippen LogP contribution < -0.4 is 0 Å². The van der Waals surface area contributed by atoms with E-state index in [-0.39, 0.29) is 0 Å². The number of allylic oxidation sites excluding steroid dienone is 1. The van der Waals surface area contributed by atoms with Crippen molar-refractivity contribution in [3.05, 3.63) is 74.8 Å². The maximum absolute atomic E-state index is 3.61. The zero-order valence-electron chi connectivity index (χ0n) is 12.7. The van der Waals surface area contributed by atoms with Crippen LogP contribution in [0.25, 0.3) is 6.08 Å². The minimum absolute atomic E-state index is 0.418. The first-order valence-electron chi connectivity index (χ1n) is 7.76. The van der Waals surface area contributed by atoms with E-state index in [2.05, 4.69) is 78.3 Å². The Morgan fingerprint density at radius 2 is 1.95 bits per heavy atom. The minimum atomic E-state index is 0.418. The van der Waals surface area contributed by atoms with Crippen molar-refractivity contribution in [2.75, 3.05) is 0 Å². The Kier molecular flexibility index (Phi) is 4.30. The summed E-state index contributed by atoms with van der Waals surface area (Å²) in [5.41, 5.74) is 7.19. The number of unbranched alkanes of at least 4 members (excludes halogenated alkanes) is 1. The van der Waals surface area contributed by atoms with Gasteiger partial charge in [0.25, 0.3) is 0 Å².